The quantitative estimate of drug-likeness (QED) is 0.873. The minimum atomic E-state index is -0.623. The molecule has 0 aliphatic heterocycles. The molecule has 2 rings (SSSR count). The van der Waals surface area contributed by atoms with Crippen LogP contribution in [-0.4, -0.2) is 25.8 Å². The Hall–Kier alpha value is -2.34. The van der Waals surface area contributed by atoms with Crippen molar-refractivity contribution in [3.05, 3.63) is 41.3 Å². The minimum Gasteiger partial charge on any atom is -0.462 e. The lowest BCUT2D eigenvalue weighted by Crippen LogP contribution is -2.14. The Balaban J connectivity index is 2.46. The molecule has 0 atom stereocenters. The molecule has 1 amide bonds. The first-order valence-corrected chi connectivity index (χ1v) is 7.24. The van der Waals surface area contributed by atoms with Crippen molar-refractivity contribution < 1.29 is 19.1 Å². The SMILES string of the molecule is CCOC(=O)c1c(-c2ccccc2)csc1NC(=O)OC. The van der Waals surface area contributed by atoms with E-state index in [0.717, 1.165) is 11.1 Å². The van der Waals surface area contributed by atoms with E-state index in [1.54, 1.807) is 6.92 Å². The molecule has 5 nitrogen and oxygen atoms in total. The van der Waals surface area contributed by atoms with Gasteiger partial charge in [-0.25, -0.2) is 9.59 Å². The molecular formula is C15H15NO4S. The molecule has 1 aromatic carbocycles. The summed E-state index contributed by atoms with van der Waals surface area (Å²) < 4.78 is 9.65. The molecule has 6 heteroatoms. The van der Waals surface area contributed by atoms with E-state index in [1.807, 2.05) is 35.7 Å². The third kappa shape index (κ3) is 3.41. The number of methoxy groups -OCH3 is 1. The molecular weight excluding hydrogens is 290 g/mol. The summed E-state index contributed by atoms with van der Waals surface area (Å²) >= 11 is 1.26. The van der Waals surface area contributed by atoms with E-state index in [-0.39, 0.29) is 6.61 Å². The van der Waals surface area contributed by atoms with Crippen molar-refractivity contribution in [2.75, 3.05) is 19.0 Å². The van der Waals surface area contributed by atoms with E-state index in [1.165, 1.54) is 18.4 Å². The van der Waals surface area contributed by atoms with Crippen LogP contribution in [0.2, 0.25) is 0 Å². The molecule has 0 aliphatic carbocycles. The third-order valence-corrected chi connectivity index (χ3v) is 3.65. The summed E-state index contributed by atoms with van der Waals surface area (Å²) in [4.78, 5) is 23.6. The maximum absolute atomic E-state index is 12.2. The molecule has 0 unspecified atom stereocenters. The van der Waals surface area contributed by atoms with Gasteiger partial charge in [0.15, 0.2) is 0 Å². The minimum absolute atomic E-state index is 0.264. The highest BCUT2D eigenvalue weighted by Gasteiger charge is 2.22. The number of hydrogen-bond acceptors (Lipinski definition) is 5. The van der Waals surface area contributed by atoms with E-state index in [0.29, 0.717) is 10.6 Å². The van der Waals surface area contributed by atoms with Gasteiger partial charge < -0.3 is 9.47 Å². The molecule has 1 aromatic heterocycles. The van der Waals surface area contributed by atoms with Crippen molar-refractivity contribution in [3.63, 3.8) is 0 Å². The highest BCUT2D eigenvalue weighted by atomic mass is 32.1. The van der Waals surface area contributed by atoms with Gasteiger partial charge in [-0.05, 0) is 12.5 Å². The van der Waals surface area contributed by atoms with Crippen LogP contribution in [0.3, 0.4) is 0 Å². The lowest BCUT2D eigenvalue weighted by molar-refractivity contribution is 0.0529. The predicted molar refractivity (Wildman–Crippen MR) is 81.7 cm³/mol. The summed E-state index contributed by atoms with van der Waals surface area (Å²) in [5.74, 6) is -0.469. The van der Waals surface area contributed by atoms with Crippen LogP contribution in [0.1, 0.15) is 17.3 Å². The monoisotopic (exact) mass is 305 g/mol. The fourth-order valence-corrected chi connectivity index (χ4v) is 2.77. The van der Waals surface area contributed by atoms with Crippen LogP contribution >= 0.6 is 11.3 Å². The highest BCUT2D eigenvalue weighted by Crippen LogP contribution is 2.36. The van der Waals surface area contributed by atoms with Gasteiger partial charge in [-0.2, -0.15) is 0 Å². The molecule has 21 heavy (non-hydrogen) atoms. The van der Waals surface area contributed by atoms with Crippen molar-refractivity contribution in [2.45, 2.75) is 6.92 Å². The number of esters is 1. The summed E-state index contributed by atoms with van der Waals surface area (Å²) in [6, 6.07) is 9.46. The zero-order chi connectivity index (χ0) is 15.2. The van der Waals surface area contributed by atoms with E-state index in [2.05, 4.69) is 10.1 Å². The lowest BCUT2D eigenvalue weighted by atomic mass is 10.0. The van der Waals surface area contributed by atoms with E-state index >= 15 is 0 Å². The Labute approximate surface area is 126 Å². The van der Waals surface area contributed by atoms with Gasteiger partial charge in [0.1, 0.15) is 10.6 Å². The number of ether oxygens (including phenoxy) is 2. The van der Waals surface area contributed by atoms with Crippen LogP contribution in [0.25, 0.3) is 11.1 Å². The smallest absolute Gasteiger partial charge is 0.411 e. The molecule has 0 fully saturated rings. The molecule has 1 N–H and O–H groups in total. The van der Waals surface area contributed by atoms with Gasteiger partial charge in [0.05, 0.1) is 13.7 Å². The Morgan fingerprint density at radius 2 is 1.95 bits per heavy atom. The number of benzene rings is 1. The molecule has 0 saturated carbocycles. The first-order valence-electron chi connectivity index (χ1n) is 6.36. The third-order valence-electron chi connectivity index (χ3n) is 2.76. The lowest BCUT2D eigenvalue weighted by Gasteiger charge is -2.08. The van der Waals surface area contributed by atoms with Crippen molar-refractivity contribution in [1.29, 1.82) is 0 Å². The summed E-state index contributed by atoms with van der Waals surface area (Å²) in [6.07, 6.45) is -0.623. The largest absolute Gasteiger partial charge is 0.462 e. The molecule has 0 saturated heterocycles. The van der Waals surface area contributed by atoms with Crippen LogP contribution in [-0.2, 0) is 9.47 Å². The molecule has 0 radical (unpaired) electrons. The highest BCUT2D eigenvalue weighted by molar-refractivity contribution is 7.15. The molecule has 1 heterocycles. The van der Waals surface area contributed by atoms with Gasteiger partial charge in [0.25, 0.3) is 0 Å². The van der Waals surface area contributed by atoms with Crippen molar-refractivity contribution in [2.24, 2.45) is 0 Å². The Kier molecular flexibility index (Phi) is 4.94. The number of nitrogens with one attached hydrogen (secondary N) is 1. The topological polar surface area (TPSA) is 64.6 Å². The van der Waals surface area contributed by atoms with E-state index < -0.39 is 12.1 Å². The van der Waals surface area contributed by atoms with Crippen LogP contribution in [0, 0.1) is 0 Å². The van der Waals surface area contributed by atoms with Crippen LogP contribution in [0.5, 0.6) is 0 Å². The molecule has 2 aromatic rings. The number of carbonyl (C=O) groups excluding carboxylic acids is 2. The fraction of sp³-hybridized carbons (Fsp3) is 0.200. The van der Waals surface area contributed by atoms with E-state index in [9.17, 15) is 9.59 Å². The summed E-state index contributed by atoms with van der Waals surface area (Å²) in [7, 11) is 1.27. The number of amides is 1. The zero-order valence-corrected chi connectivity index (χ0v) is 12.5. The second-order valence-electron chi connectivity index (χ2n) is 4.06. The van der Waals surface area contributed by atoms with Crippen LogP contribution in [0.15, 0.2) is 35.7 Å². The normalized spacial score (nSPS) is 10.0. The summed E-state index contributed by atoms with van der Waals surface area (Å²) in [6.45, 7) is 2.00. The van der Waals surface area contributed by atoms with Gasteiger partial charge in [0.2, 0.25) is 0 Å². The second kappa shape index (κ2) is 6.90. The molecule has 0 spiro atoms. The Bertz CT molecular complexity index is 636. The summed E-state index contributed by atoms with van der Waals surface area (Å²) in [5, 5.41) is 4.77. The molecule has 110 valence electrons. The number of thiophene rings is 1. The van der Waals surface area contributed by atoms with Crippen molar-refractivity contribution in [3.8, 4) is 11.1 Å². The van der Waals surface area contributed by atoms with Gasteiger partial charge >= 0.3 is 12.1 Å². The molecule has 0 aliphatic rings. The van der Waals surface area contributed by atoms with E-state index in [4.69, 9.17) is 4.74 Å². The van der Waals surface area contributed by atoms with Crippen molar-refractivity contribution in [1.82, 2.24) is 0 Å². The summed E-state index contributed by atoms with van der Waals surface area (Å²) in [5.41, 5.74) is 1.96. The second-order valence-corrected chi connectivity index (χ2v) is 4.94. The predicted octanol–water partition coefficient (Wildman–Crippen LogP) is 3.77. The van der Waals surface area contributed by atoms with Gasteiger partial charge in [0, 0.05) is 10.9 Å². The number of anilines is 1. The van der Waals surface area contributed by atoms with Crippen LogP contribution < -0.4 is 5.32 Å². The maximum Gasteiger partial charge on any atom is 0.411 e. The number of hydrogen-bond donors (Lipinski definition) is 1. The molecule has 0 bridgehead atoms. The average molecular weight is 305 g/mol. The maximum atomic E-state index is 12.2. The van der Waals surface area contributed by atoms with Gasteiger partial charge in [-0.3, -0.25) is 5.32 Å². The number of rotatable bonds is 4. The number of carbonyl (C=O) groups is 2. The fourth-order valence-electron chi connectivity index (χ4n) is 1.83. The Morgan fingerprint density at radius 3 is 2.57 bits per heavy atom. The van der Waals surface area contributed by atoms with Gasteiger partial charge in [-0.1, -0.05) is 30.3 Å². The Morgan fingerprint density at radius 1 is 1.24 bits per heavy atom. The first kappa shape index (κ1) is 15.1. The first-order chi connectivity index (χ1) is 10.2. The standard InChI is InChI=1S/C15H15NO4S/c1-3-20-14(17)12-11(10-7-5-4-6-8-10)9-21-13(12)16-15(18)19-2/h4-9H,3H2,1-2H3,(H,16,18). The van der Waals surface area contributed by atoms with Gasteiger partial charge in [-0.15, -0.1) is 11.3 Å². The zero-order valence-electron chi connectivity index (χ0n) is 11.7. The van der Waals surface area contributed by atoms with Crippen LogP contribution in [0.4, 0.5) is 9.80 Å². The average Bonchev–Trinajstić information content (AvgIpc) is 2.92. The van der Waals surface area contributed by atoms with Crippen molar-refractivity contribution >= 4 is 28.4 Å².